The molecule has 0 aromatic carbocycles. The Bertz CT molecular complexity index is 120. The number of hydrogen-bond acceptors (Lipinski definition) is 2. The summed E-state index contributed by atoms with van der Waals surface area (Å²) in [6.45, 7) is 4.41. The Balaban J connectivity index is 2.38. The molecular weight excluding hydrogens is 124 g/mol. The topological polar surface area (TPSA) is 24.4 Å². The molecule has 0 fully saturated rings. The molecular formula is C8H16N2. The van der Waals surface area contributed by atoms with Crippen molar-refractivity contribution in [2.24, 2.45) is 4.99 Å². The van der Waals surface area contributed by atoms with Crippen molar-refractivity contribution in [2.45, 2.75) is 45.2 Å². The van der Waals surface area contributed by atoms with E-state index in [9.17, 15) is 0 Å². The molecule has 0 aromatic rings. The lowest BCUT2D eigenvalue weighted by Gasteiger charge is -2.23. The van der Waals surface area contributed by atoms with Gasteiger partial charge in [-0.2, -0.15) is 0 Å². The number of rotatable bonds is 2. The zero-order chi connectivity index (χ0) is 7.40. The summed E-state index contributed by atoms with van der Waals surface area (Å²) < 4.78 is 0. The molecule has 0 aliphatic carbocycles. The number of nitrogens with one attached hydrogen (secondary N) is 1. The maximum atomic E-state index is 4.31. The normalized spacial score (nSPS) is 31.8. The Labute approximate surface area is 62.7 Å². The molecule has 0 aromatic heterocycles. The van der Waals surface area contributed by atoms with Crippen LogP contribution in [0.15, 0.2) is 4.99 Å². The maximum absolute atomic E-state index is 4.31. The van der Waals surface area contributed by atoms with E-state index < -0.39 is 0 Å². The van der Waals surface area contributed by atoms with Gasteiger partial charge in [-0.1, -0.05) is 13.8 Å². The van der Waals surface area contributed by atoms with Gasteiger partial charge in [-0.15, -0.1) is 0 Å². The van der Waals surface area contributed by atoms with Crippen LogP contribution in [0.25, 0.3) is 0 Å². The summed E-state index contributed by atoms with van der Waals surface area (Å²) in [6.07, 6.45) is 5.46. The van der Waals surface area contributed by atoms with Gasteiger partial charge in [0.15, 0.2) is 0 Å². The van der Waals surface area contributed by atoms with E-state index in [-0.39, 0.29) is 0 Å². The summed E-state index contributed by atoms with van der Waals surface area (Å²) in [5.41, 5.74) is 0. The minimum absolute atomic E-state index is 0.575. The van der Waals surface area contributed by atoms with Crippen molar-refractivity contribution < 1.29 is 0 Å². The first-order valence-electron chi connectivity index (χ1n) is 4.14. The molecule has 0 saturated heterocycles. The number of nitrogens with zero attached hydrogens (tertiary/aromatic N) is 1. The van der Waals surface area contributed by atoms with Crippen molar-refractivity contribution in [1.29, 1.82) is 0 Å². The molecule has 0 amide bonds. The van der Waals surface area contributed by atoms with Crippen molar-refractivity contribution >= 4 is 6.34 Å². The van der Waals surface area contributed by atoms with Crippen LogP contribution in [0.4, 0.5) is 0 Å². The summed E-state index contributed by atoms with van der Waals surface area (Å²) in [6, 6.07) is 1.24. The van der Waals surface area contributed by atoms with E-state index in [1.54, 1.807) is 0 Å². The largest absolute Gasteiger partial charge is 0.374 e. The molecule has 0 bridgehead atoms. The molecule has 1 heterocycles. The Hall–Kier alpha value is -0.530. The summed E-state index contributed by atoms with van der Waals surface area (Å²) >= 11 is 0. The SMILES string of the molecule is CCC1CC(CC)NC=N1. The van der Waals surface area contributed by atoms with Crippen LogP contribution in [0.5, 0.6) is 0 Å². The van der Waals surface area contributed by atoms with Crippen LogP contribution < -0.4 is 5.32 Å². The predicted molar refractivity (Wildman–Crippen MR) is 44.4 cm³/mol. The second-order valence-corrected chi connectivity index (χ2v) is 2.85. The van der Waals surface area contributed by atoms with Gasteiger partial charge in [-0.25, -0.2) is 0 Å². The summed E-state index contributed by atoms with van der Waals surface area (Å²) in [7, 11) is 0. The molecule has 1 aliphatic rings. The molecule has 0 spiro atoms. The highest BCUT2D eigenvalue weighted by Crippen LogP contribution is 2.11. The smallest absolute Gasteiger partial charge is 0.0829 e. The van der Waals surface area contributed by atoms with Crippen LogP contribution >= 0.6 is 0 Å². The Kier molecular flexibility index (Phi) is 2.72. The van der Waals surface area contributed by atoms with Gasteiger partial charge < -0.3 is 5.32 Å². The standard InChI is InChI=1S/C8H16N2/c1-3-7-5-8(4-2)10-6-9-7/h6-8H,3-5H2,1-2H3,(H,9,10). The third kappa shape index (κ3) is 1.72. The van der Waals surface area contributed by atoms with Gasteiger partial charge in [-0.3, -0.25) is 4.99 Å². The van der Waals surface area contributed by atoms with Gasteiger partial charge in [0.25, 0.3) is 0 Å². The molecule has 2 nitrogen and oxygen atoms in total. The van der Waals surface area contributed by atoms with Gasteiger partial charge in [0.05, 0.1) is 12.4 Å². The maximum Gasteiger partial charge on any atom is 0.0829 e. The molecule has 2 atom stereocenters. The first-order valence-corrected chi connectivity index (χ1v) is 4.14. The van der Waals surface area contributed by atoms with Crippen molar-refractivity contribution in [3.05, 3.63) is 0 Å². The minimum Gasteiger partial charge on any atom is -0.374 e. The van der Waals surface area contributed by atoms with Crippen molar-refractivity contribution in [3.63, 3.8) is 0 Å². The average molecular weight is 140 g/mol. The van der Waals surface area contributed by atoms with Crippen molar-refractivity contribution in [2.75, 3.05) is 0 Å². The molecule has 1 rings (SSSR count). The minimum atomic E-state index is 0.575. The van der Waals surface area contributed by atoms with Crippen LogP contribution in [-0.2, 0) is 0 Å². The summed E-state index contributed by atoms with van der Waals surface area (Å²) in [5.74, 6) is 0. The van der Waals surface area contributed by atoms with Crippen LogP contribution in [0.1, 0.15) is 33.1 Å². The Morgan fingerprint density at radius 1 is 1.50 bits per heavy atom. The third-order valence-corrected chi connectivity index (χ3v) is 2.12. The highest BCUT2D eigenvalue weighted by Gasteiger charge is 2.14. The van der Waals surface area contributed by atoms with E-state index in [1.807, 2.05) is 6.34 Å². The molecule has 10 heavy (non-hydrogen) atoms. The number of hydrogen-bond donors (Lipinski definition) is 1. The fourth-order valence-electron chi connectivity index (χ4n) is 1.27. The lowest BCUT2D eigenvalue weighted by molar-refractivity contribution is 0.453. The molecule has 58 valence electrons. The monoisotopic (exact) mass is 140 g/mol. The first-order chi connectivity index (χ1) is 4.86. The highest BCUT2D eigenvalue weighted by atomic mass is 15.0. The van der Waals surface area contributed by atoms with E-state index in [1.165, 1.54) is 19.3 Å². The second-order valence-electron chi connectivity index (χ2n) is 2.85. The third-order valence-electron chi connectivity index (χ3n) is 2.12. The van der Waals surface area contributed by atoms with Crippen LogP contribution in [0.3, 0.4) is 0 Å². The fourth-order valence-corrected chi connectivity index (χ4v) is 1.27. The van der Waals surface area contributed by atoms with E-state index in [0.717, 1.165) is 0 Å². The number of aliphatic imine (C=N–C) groups is 1. The van der Waals surface area contributed by atoms with Gasteiger partial charge in [-0.05, 0) is 19.3 Å². The molecule has 0 saturated carbocycles. The summed E-state index contributed by atoms with van der Waals surface area (Å²) in [4.78, 5) is 4.31. The Morgan fingerprint density at radius 2 is 2.30 bits per heavy atom. The first kappa shape index (κ1) is 7.58. The van der Waals surface area contributed by atoms with Crippen molar-refractivity contribution in [3.8, 4) is 0 Å². The molecule has 2 heteroatoms. The van der Waals surface area contributed by atoms with Crippen molar-refractivity contribution in [1.82, 2.24) is 5.32 Å². The van der Waals surface area contributed by atoms with E-state index in [2.05, 4.69) is 24.2 Å². The van der Waals surface area contributed by atoms with E-state index in [4.69, 9.17) is 0 Å². The zero-order valence-electron chi connectivity index (χ0n) is 6.80. The van der Waals surface area contributed by atoms with Crippen LogP contribution in [0, 0.1) is 0 Å². The fraction of sp³-hybridized carbons (Fsp3) is 0.875. The Morgan fingerprint density at radius 3 is 2.90 bits per heavy atom. The molecule has 1 aliphatic heterocycles. The zero-order valence-corrected chi connectivity index (χ0v) is 6.80. The molecule has 0 radical (unpaired) electrons. The van der Waals surface area contributed by atoms with Crippen LogP contribution in [-0.4, -0.2) is 18.4 Å². The lowest BCUT2D eigenvalue weighted by atomic mass is 10.0. The summed E-state index contributed by atoms with van der Waals surface area (Å²) in [5, 5.41) is 3.24. The molecule has 2 unspecified atom stereocenters. The van der Waals surface area contributed by atoms with Gasteiger partial charge >= 0.3 is 0 Å². The average Bonchev–Trinajstić information content (AvgIpc) is 2.05. The second kappa shape index (κ2) is 3.59. The molecule has 1 N–H and O–H groups in total. The van der Waals surface area contributed by atoms with Gasteiger partial charge in [0.2, 0.25) is 0 Å². The highest BCUT2D eigenvalue weighted by molar-refractivity contribution is 5.56. The lowest BCUT2D eigenvalue weighted by Crippen LogP contribution is -2.35. The van der Waals surface area contributed by atoms with Gasteiger partial charge in [0, 0.05) is 6.04 Å². The van der Waals surface area contributed by atoms with Gasteiger partial charge in [0.1, 0.15) is 0 Å². The van der Waals surface area contributed by atoms with E-state index in [0.29, 0.717) is 12.1 Å². The van der Waals surface area contributed by atoms with E-state index >= 15 is 0 Å². The quantitative estimate of drug-likeness (QED) is 0.618. The van der Waals surface area contributed by atoms with Crippen LogP contribution in [0.2, 0.25) is 0 Å². The predicted octanol–water partition coefficient (Wildman–Crippen LogP) is 1.57.